The molecule has 0 aromatic heterocycles. The fraction of sp³-hybridized carbons (Fsp3) is 0.462. The molecule has 0 unspecified atom stereocenters. The van der Waals surface area contributed by atoms with Crippen LogP contribution in [0, 0.1) is 0 Å². The second-order valence-electron chi connectivity index (χ2n) is 4.82. The normalized spacial score (nSPS) is 16.7. The average molecular weight is 335 g/mol. The number of nitrogens with zero attached hydrogens (tertiary/aromatic N) is 1. The molecule has 1 aromatic carbocycles. The fourth-order valence-electron chi connectivity index (χ4n) is 2.19. The van der Waals surface area contributed by atoms with Crippen molar-refractivity contribution in [3.8, 4) is 0 Å². The van der Waals surface area contributed by atoms with Gasteiger partial charge < -0.3 is 9.84 Å². The first-order valence-electron chi connectivity index (χ1n) is 6.55. The van der Waals surface area contributed by atoms with E-state index in [-0.39, 0.29) is 23.5 Å². The molecule has 0 amide bonds. The van der Waals surface area contributed by atoms with E-state index < -0.39 is 28.7 Å². The van der Waals surface area contributed by atoms with E-state index in [0.717, 1.165) is 10.4 Å². The van der Waals surface area contributed by atoms with Gasteiger partial charge in [-0.1, -0.05) is 13.0 Å². The van der Waals surface area contributed by atoms with Crippen LogP contribution in [0.5, 0.6) is 0 Å². The second-order valence-corrected chi connectivity index (χ2v) is 6.73. The molecule has 1 aliphatic rings. The average Bonchev–Trinajstić information content (AvgIpc) is 2.41. The van der Waals surface area contributed by atoms with Crippen molar-refractivity contribution < 1.29 is 31.8 Å². The van der Waals surface area contributed by atoms with Gasteiger partial charge in [-0.05, 0) is 24.1 Å². The maximum Gasteiger partial charge on any atom is 0.345 e. The molecule has 1 heterocycles. The molecule has 1 aliphatic heterocycles. The molecule has 22 heavy (non-hydrogen) atoms. The predicted molar refractivity (Wildman–Crippen MR) is 72.4 cm³/mol. The Morgan fingerprint density at radius 1 is 1.45 bits per heavy atom. The minimum Gasteiger partial charge on any atom is -0.478 e. The zero-order valence-electron chi connectivity index (χ0n) is 11.7. The van der Waals surface area contributed by atoms with E-state index in [2.05, 4.69) is 4.74 Å². The van der Waals surface area contributed by atoms with Crippen LogP contribution in [0.15, 0.2) is 23.1 Å². The number of hydrogen-bond acceptors (Lipinski definition) is 4. The number of rotatable bonds is 6. The van der Waals surface area contributed by atoms with E-state index in [4.69, 9.17) is 5.11 Å². The van der Waals surface area contributed by atoms with Crippen LogP contribution >= 0.6 is 0 Å². The van der Waals surface area contributed by atoms with Gasteiger partial charge in [-0.2, -0.15) is 13.1 Å². The van der Waals surface area contributed by atoms with E-state index >= 15 is 0 Å². The van der Waals surface area contributed by atoms with Gasteiger partial charge in [-0.15, -0.1) is 0 Å². The summed E-state index contributed by atoms with van der Waals surface area (Å²) >= 11 is 0. The Labute approximate surface area is 126 Å². The highest BCUT2D eigenvalue weighted by molar-refractivity contribution is 7.89. The quantitative estimate of drug-likeness (QED) is 0.853. The van der Waals surface area contributed by atoms with Gasteiger partial charge in [0.2, 0.25) is 10.0 Å². The molecule has 1 aromatic rings. The molecule has 9 heteroatoms. The van der Waals surface area contributed by atoms with Crippen LogP contribution in [0.25, 0.3) is 0 Å². The first-order valence-corrected chi connectivity index (χ1v) is 7.99. The van der Waals surface area contributed by atoms with Crippen molar-refractivity contribution in [3.05, 3.63) is 29.3 Å². The highest BCUT2D eigenvalue weighted by Crippen LogP contribution is 2.27. The second kappa shape index (κ2) is 6.27. The summed E-state index contributed by atoms with van der Waals surface area (Å²) in [5, 5.41) is 8.98. The van der Waals surface area contributed by atoms with Crippen molar-refractivity contribution >= 4 is 16.0 Å². The number of aryl methyl sites for hydroxylation is 1. The predicted octanol–water partition coefficient (Wildman–Crippen LogP) is 1.56. The summed E-state index contributed by atoms with van der Waals surface area (Å²) in [7, 11) is -3.92. The van der Waals surface area contributed by atoms with Crippen molar-refractivity contribution in [2.24, 2.45) is 0 Å². The first-order chi connectivity index (χ1) is 10.3. The van der Waals surface area contributed by atoms with E-state index in [1.165, 1.54) is 12.1 Å². The highest BCUT2D eigenvalue weighted by Gasteiger charge is 2.39. The SMILES string of the molecule is CCc1ccc(C(=O)O)cc1S(=O)(=O)N1CC(OC(F)F)C1. The smallest absolute Gasteiger partial charge is 0.345 e. The van der Waals surface area contributed by atoms with Crippen molar-refractivity contribution in [3.63, 3.8) is 0 Å². The van der Waals surface area contributed by atoms with E-state index in [0.29, 0.717) is 12.0 Å². The zero-order chi connectivity index (χ0) is 16.5. The van der Waals surface area contributed by atoms with E-state index in [9.17, 15) is 22.0 Å². The van der Waals surface area contributed by atoms with Gasteiger partial charge in [0, 0.05) is 13.1 Å². The number of alkyl halides is 2. The van der Waals surface area contributed by atoms with Gasteiger partial charge in [-0.3, -0.25) is 0 Å². The Morgan fingerprint density at radius 2 is 2.09 bits per heavy atom. The number of carboxylic acid groups (broad SMARTS) is 1. The number of halogens is 2. The third-order valence-electron chi connectivity index (χ3n) is 3.42. The monoisotopic (exact) mass is 335 g/mol. The maximum absolute atomic E-state index is 12.5. The summed E-state index contributed by atoms with van der Waals surface area (Å²) in [4.78, 5) is 10.9. The summed E-state index contributed by atoms with van der Waals surface area (Å²) in [5.74, 6) is -1.23. The standard InChI is InChI=1S/C13H15F2NO5S/c1-2-8-3-4-9(12(17)18)5-11(8)22(19,20)16-6-10(7-16)21-13(14)15/h3-5,10,13H,2,6-7H2,1H3,(H,17,18). The minimum absolute atomic E-state index is 0.106. The van der Waals surface area contributed by atoms with Crippen LogP contribution in [0.3, 0.4) is 0 Å². The number of sulfonamides is 1. The summed E-state index contributed by atoms with van der Waals surface area (Å²) in [6.07, 6.45) is -0.443. The summed E-state index contributed by atoms with van der Waals surface area (Å²) in [6.45, 7) is -1.55. The molecule has 1 fully saturated rings. The minimum atomic E-state index is -3.92. The molecular weight excluding hydrogens is 320 g/mol. The molecule has 0 aliphatic carbocycles. The molecule has 0 bridgehead atoms. The lowest BCUT2D eigenvalue weighted by atomic mass is 10.1. The molecule has 0 saturated carbocycles. The van der Waals surface area contributed by atoms with Crippen molar-refractivity contribution in [1.82, 2.24) is 4.31 Å². The number of aromatic carboxylic acids is 1. The third-order valence-corrected chi connectivity index (χ3v) is 5.34. The fourth-order valence-corrected chi connectivity index (χ4v) is 4.01. The van der Waals surface area contributed by atoms with Gasteiger partial charge in [0.25, 0.3) is 0 Å². The van der Waals surface area contributed by atoms with Gasteiger partial charge in [0.15, 0.2) is 0 Å². The molecule has 0 radical (unpaired) electrons. The number of ether oxygens (including phenoxy) is 1. The van der Waals surface area contributed by atoms with Gasteiger partial charge in [0.05, 0.1) is 16.6 Å². The van der Waals surface area contributed by atoms with Gasteiger partial charge in [-0.25, -0.2) is 13.2 Å². The van der Waals surface area contributed by atoms with E-state index in [1.54, 1.807) is 6.92 Å². The lowest BCUT2D eigenvalue weighted by Crippen LogP contribution is -2.55. The molecule has 1 saturated heterocycles. The number of carboxylic acids is 1. The van der Waals surface area contributed by atoms with Crippen molar-refractivity contribution in [2.75, 3.05) is 13.1 Å². The van der Waals surface area contributed by atoms with Gasteiger partial charge >= 0.3 is 12.6 Å². The highest BCUT2D eigenvalue weighted by atomic mass is 32.2. The lowest BCUT2D eigenvalue weighted by molar-refractivity contribution is -0.185. The zero-order valence-corrected chi connectivity index (χ0v) is 12.5. The molecule has 0 spiro atoms. The first kappa shape index (κ1) is 16.8. The number of carbonyl (C=O) groups is 1. The number of benzene rings is 1. The van der Waals surface area contributed by atoms with Crippen LogP contribution < -0.4 is 0 Å². The van der Waals surface area contributed by atoms with Crippen LogP contribution in [-0.4, -0.2) is 49.6 Å². The molecule has 2 rings (SSSR count). The molecule has 0 atom stereocenters. The van der Waals surface area contributed by atoms with Crippen LogP contribution in [0.1, 0.15) is 22.8 Å². The topological polar surface area (TPSA) is 83.9 Å². The Bertz CT molecular complexity index is 671. The summed E-state index contributed by atoms with van der Waals surface area (Å²) in [5.41, 5.74) is 0.333. The van der Waals surface area contributed by atoms with Crippen molar-refractivity contribution in [2.45, 2.75) is 31.0 Å². The molecular formula is C13H15F2NO5S. The Hall–Kier alpha value is -1.58. The largest absolute Gasteiger partial charge is 0.478 e. The third kappa shape index (κ3) is 3.26. The Morgan fingerprint density at radius 3 is 2.59 bits per heavy atom. The maximum atomic E-state index is 12.5. The molecule has 122 valence electrons. The van der Waals surface area contributed by atoms with Crippen molar-refractivity contribution in [1.29, 1.82) is 0 Å². The molecule has 6 nitrogen and oxygen atoms in total. The summed E-state index contributed by atoms with van der Waals surface area (Å²) < 4.78 is 54.3. The van der Waals surface area contributed by atoms with E-state index in [1.807, 2.05) is 0 Å². The van der Waals surface area contributed by atoms with Crippen LogP contribution in [0.2, 0.25) is 0 Å². The lowest BCUT2D eigenvalue weighted by Gasteiger charge is -2.37. The summed E-state index contributed by atoms with van der Waals surface area (Å²) in [6, 6.07) is 3.88. The van der Waals surface area contributed by atoms with Crippen LogP contribution in [0.4, 0.5) is 8.78 Å². The molecule has 1 N–H and O–H groups in total. The number of hydrogen-bond donors (Lipinski definition) is 1. The Balaban J connectivity index is 2.26. The van der Waals surface area contributed by atoms with Gasteiger partial charge in [0.1, 0.15) is 0 Å². The Kier molecular flexibility index (Phi) is 4.78. The van der Waals surface area contributed by atoms with Crippen LogP contribution in [-0.2, 0) is 21.2 Å².